The molecule has 0 unspecified atom stereocenters. The minimum Gasteiger partial charge on any atom is -0.389 e. The molecule has 0 saturated heterocycles. The van der Waals surface area contributed by atoms with Gasteiger partial charge in [-0.05, 0) is 30.4 Å². The Morgan fingerprint density at radius 1 is 1.32 bits per heavy atom. The van der Waals surface area contributed by atoms with Crippen LogP contribution in [0.1, 0.15) is 32.8 Å². The number of aromatic nitrogens is 1. The van der Waals surface area contributed by atoms with Gasteiger partial charge in [-0.3, -0.25) is 0 Å². The molecule has 0 aliphatic heterocycles. The Balaban J connectivity index is 2.01. The van der Waals surface area contributed by atoms with Crippen LogP contribution in [-0.4, -0.2) is 42.5 Å². The number of aliphatic hydroxyl groups is 1. The Hall–Kier alpha value is -1.36. The molecule has 0 bridgehead atoms. The smallest absolute Gasteiger partial charge is 0.0897 e. The molecule has 3 N–H and O–H groups in total. The van der Waals surface area contributed by atoms with Crippen LogP contribution in [0.4, 0.5) is 0 Å². The van der Waals surface area contributed by atoms with Crippen molar-refractivity contribution in [2.45, 2.75) is 44.8 Å². The lowest BCUT2D eigenvalue weighted by Crippen LogP contribution is -2.39. The van der Waals surface area contributed by atoms with Gasteiger partial charge in [0, 0.05) is 36.8 Å². The molecule has 0 radical (unpaired) electrons. The minimum atomic E-state index is -0.455. The molecule has 1 aromatic carbocycles. The Kier molecular flexibility index (Phi) is 5.62. The topological polar surface area (TPSA) is 57.3 Å². The molecule has 2 rings (SSSR count). The average molecular weight is 304 g/mol. The largest absolute Gasteiger partial charge is 0.389 e. The number of fused-ring (bicyclic) bond motifs is 1. The van der Waals surface area contributed by atoms with Gasteiger partial charge in [-0.15, -0.1) is 0 Å². The van der Waals surface area contributed by atoms with E-state index in [9.17, 15) is 5.11 Å². The van der Waals surface area contributed by atoms with E-state index >= 15 is 0 Å². The van der Waals surface area contributed by atoms with Crippen molar-refractivity contribution in [2.75, 3.05) is 20.3 Å². The Bertz CT molecular complexity index is 592. The van der Waals surface area contributed by atoms with E-state index in [1.807, 2.05) is 0 Å². The number of rotatable bonds is 8. The maximum absolute atomic E-state index is 9.73. The zero-order valence-electron chi connectivity index (χ0n) is 14.0. The minimum absolute atomic E-state index is 0.0538. The number of para-hydroxylation sites is 1. The molecule has 0 aliphatic carbocycles. The predicted molar refractivity (Wildman–Crippen MR) is 91.3 cm³/mol. The van der Waals surface area contributed by atoms with E-state index in [0.29, 0.717) is 19.2 Å². The summed E-state index contributed by atoms with van der Waals surface area (Å²) in [7, 11) is 1.60. The molecule has 0 fully saturated rings. The van der Waals surface area contributed by atoms with Gasteiger partial charge in [0.05, 0.1) is 12.7 Å². The molecule has 22 heavy (non-hydrogen) atoms. The number of nitrogens with one attached hydrogen (secondary N) is 2. The number of aliphatic hydroxyl groups excluding tert-OH is 1. The van der Waals surface area contributed by atoms with Crippen LogP contribution < -0.4 is 5.32 Å². The van der Waals surface area contributed by atoms with Crippen molar-refractivity contribution in [2.24, 2.45) is 0 Å². The first-order valence-corrected chi connectivity index (χ1v) is 7.91. The number of methoxy groups -OCH3 is 1. The van der Waals surface area contributed by atoms with E-state index in [4.69, 9.17) is 4.74 Å². The van der Waals surface area contributed by atoms with E-state index in [1.54, 1.807) is 7.11 Å². The SMILES string of the molecule is COC[C@H](O)CN[C@@H](C)CC(C)(C)c1c[nH]c2ccccc12. The van der Waals surface area contributed by atoms with Gasteiger partial charge in [-0.1, -0.05) is 32.0 Å². The third-order valence-electron chi connectivity index (χ3n) is 4.20. The normalized spacial score (nSPS) is 15.1. The van der Waals surface area contributed by atoms with Crippen LogP contribution in [0.3, 0.4) is 0 Å². The maximum Gasteiger partial charge on any atom is 0.0897 e. The van der Waals surface area contributed by atoms with Gasteiger partial charge >= 0.3 is 0 Å². The van der Waals surface area contributed by atoms with Gasteiger partial charge < -0.3 is 20.1 Å². The Morgan fingerprint density at radius 3 is 2.77 bits per heavy atom. The molecule has 122 valence electrons. The Morgan fingerprint density at radius 2 is 2.05 bits per heavy atom. The predicted octanol–water partition coefficient (Wildman–Crippen LogP) is 2.82. The molecule has 2 aromatic rings. The van der Waals surface area contributed by atoms with E-state index in [-0.39, 0.29) is 5.41 Å². The number of ether oxygens (including phenoxy) is 1. The maximum atomic E-state index is 9.73. The van der Waals surface area contributed by atoms with Crippen LogP contribution in [0, 0.1) is 0 Å². The van der Waals surface area contributed by atoms with Crippen LogP contribution in [0.25, 0.3) is 10.9 Å². The summed E-state index contributed by atoms with van der Waals surface area (Å²) in [5.74, 6) is 0. The third-order valence-corrected chi connectivity index (χ3v) is 4.20. The average Bonchev–Trinajstić information content (AvgIpc) is 2.90. The zero-order valence-corrected chi connectivity index (χ0v) is 14.0. The number of hydrogen-bond acceptors (Lipinski definition) is 3. The van der Waals surface area contributed by atoms with Gasteiger partial charge in [0.15, 0.2) is 0 Å². The van der Waals surface area contributed by atoms with Crippen molar-refractivity contribution in [3.8, 4) is 0 Å². The molecule has 0 amide bonds. The molecular weight excluding hydrogens is 276 g/mol. The van der Waals surface area contributed by atoms with Crippen LogP contribution in [0.15, 0.2) is 30.5 Å². The fourth-order valence-corrected chi connectivity index (χ4v) is 3.17. The molecule has 4 heteroatoms. The van der Waals surface area contributed by atoms with E-state index in [2.05, 4.69) is 61.5 Å². The fourth-order valence-electron chi connectivity index (χ4n) is 3.17. The fraction of sp³-hybridized carbons (Fsp3) is 0.556. The molecule has 0 spiro atoms. The second-order valence-corrected chi connectivity index (χ2v) is 6.75. The van der Waals surface area contributed by atoms with Crippen molar-refractivity contribution in [3.63, 3.8) is 0 Å². The first-order chi connectivity index (χ1) is 10.4. The summed E-state index contributed by atoms with van der Waals surface area (Å²) in [5.41, 5.74) is 2.58. The highest BCUT2D eigenvalue weighted by molar-refractivity contribution is 5.84. The summed E-state index contributed by atoms with van der Waals surface area (Å²) < 4.78 is 4.95. The lowest BCUT2D eigenvalue weighted by atomic mass is 9.79. The van der Waals surface area contributed by atoms with Gasteiger partial charge in [-0.2, -0.15) is 0 Å². The first kappa shape index (κ1) is 17.0. The Labute approximate surface area is 132 Å². The monoisotopic (exact) mass is 304 g/mol. The van der Waals surface area contributed by atoms with Crippen LogP contribution in [0.5, 0.6) is 0 Å². The highest BCUT2D eigenvalue weighted by Gasteiger charge is 2.26. The summed E-state index contributed by atoms with van der Waals surface area (Å²) in [6, 6.07) is 8.73. The third kappa shape index (κ3) is 4.09. The number of H-pyrrole nitrogens is 1. The molecular formula is C18H28N2O2. The van der Waals surface area contributed by atoms with Gasteiger partial charge in [0.1, 0.15) is 0 Å². The van der Waals surface area contributed by atoms with Crippen molar-refractivity contribution in [1.82, 2.24) is 10.3 Å². The van der Waals surface area contributed by atoms with Crippen LogP contribution in [0.2, 0.25) is 0 Å². The van der Waals surface area contributed by atoms with Crippen molar-refractivity contribution in [3.05, 3.63) is 36.0 Å². The first-order valence-electron chi connectivity index (χ1n) is 7.91. The molecule has 0 aliphatic rings. The van der Waals surface area contributed by atoms with Crippen LogP contribution in [-0.2, 0) is 10.2 Å². The molecule has 0 saturated carbocycles. The molecule has 1 aromatic heterocycles. The summed E-state index contributed by atoms with van der Waals surface area (Å²) in [4.78, 5) is 3.36. The van der Waals surface area contributed by atoms with E-state index in [0.717, 1.165) is 6.42 Å². The van der Waals surface area contributed by atoms with Gasteiger partial charge in [-0.25, -0.2) is 0 Å². The molecule has 2 atom stereocenters. The second kappa shape index (κ2) is 7.27. The van der Waals surface area contributed by atoms with Crippen molar-refractivity contribution < 1.29 is 9.84 Å². The zero-order chi connectivity index (χ0) is 16.2. The standard InChI is InChI=1S/C18H28N2O2/c1-13(19-10-14(21)12-22-4)9-18(2,3)16-11-20-17-8-6-5-7-15(16)17/h5-8,11,13-14,19-21H,9-10,12H2,1-4H3/t13-,14+/m0/s1. The second-order valence-electron chi connectivity index (χ2n) is 6.75. The highest BCUT2D eigenvalue weighted by Crippen LogP contribution is 2.33. The number of hydrogen-bond donors (Lipinski definition) is 3. The van der Waals surface area contributed by atoms with E-state index in [1.165, 1.54) is 16.5 Å². The summed E-state index contributed by atoms with van der Waals surface area (Å²) >= 11 is 0. The number of benzene rings is 1. The summed E-state index contributed by atoms with van der Waals surface area (Å²) in [6.07, 6.45) is 2.66. The lowest BCUT2D eigenvalue weighted by Gasteiger charge is -2.29. The molecule has 1 heterocycles. The van der Waals surface area contributed by atoms with Gasteiger partial charge in [0.2, 0.25) is 0 Å². The number of aromatic amines is 1. The quantitative estimate of drug-likeness (QED) is 0.703. The molecule has 4 nitrogen and oxygen atoms in total. The van der Waals surface area contributed by atoms with Crippen molar-refractivity contribution >= 4 is 10.9 Å². The summed E-state index contributed by atoms with van der Waals surface area (Å²) in [5, 5.41) is 14.4. The highest BCUT2D eigenvalue weighted by atomic mass is 16.5. The van der Waals surface area contributed by atoms with Crippen LogP contribution >= 0.6 is 0 Å². The summed E-state index contributed by atoms with van der Waals surface area (Å²) in [6.45, 7) is 7.62. The van der Waals surface area contributed by atoms with Gasteiger partial charge in [0.25, 0.3) is 0 Å². The van der Waals surface area contributed by atoms with Crippen molar-refractivity contribution in [1.29, 1.82) is 0 Å². The van der Waals surface area contributed by atoms with E-state index < -0.39 is 6.10 Å². The lowest BCUT2D eigenvalue weighted by molar-refractivity contribution is 0.0624.